The molecule has 3 aliphatic rings. The molecule has 2 nitrogen and oxygen atoms in total. The molecule has 106 valence electrons. The van der Waals surface area contributed by atoms with Gasteiger partial charge in [0, 0.05) is 13.0 Å². The van der Waals surface area contributed by atoms with Gasteiger partial charge >= 0.3 is 0 Å². The van der Waals surface area contributed by atoms with Gasteiger partial charge in [-0.25, -0.2) is 0 Å². The van der Waals surface area contributed by atoms with E-state index >= 15 is 0 Å². The van der Waals surface area contributed by atoms with Crippen LogP contribution in [-0.4, -0.2) is 18.5 Å². The smallest absolute Gasteiger partial charge is 0.155 e. The zero-order valence-corrected chi connectivity index (χ0v) is 12.1. The van der Waals surface area contributed by atoms with E-state index in [-0.39, 0.29) is 0 Å². The average Bonchev–Trinajstić information content (AvgIpc) is 2.82. The van der Waals surface area contributed by atoms with Crippen LogP contribution in [0, 0.1) is 17.8 Å². The highest BCUT2D eigenvalue weighted by Crippen LogP contribution is 2.51. The lowest BCUT2D eigenvalue weighted by Crippen LogP contribution is -2.36. The number of rotatable bonds is 4. The summed E-state index contributed by atoms with van der Waals surface area (Å²) in [5.41, 5.74) is 1.45. The topological polar surface area (TPSA) is 26.3 Å². The van der Waals surface area contributed by atoms with Gasteiger partial charge < -0.3 is 4.74 Å². The highest BCUT2D eigenvalue weighted by Gasteiger charge is 2.46. The first-order valence-corrected chi connectivity index (χ1v) is 8.14. The molecule has 0 spiro atoms. The van der Waals surface area contributed by atoms with Crippen LogP contribution in [-0.2, 0) is 9.53 Å². The third-order valence-corrected chi connectivity index (χ3v) is 5.42. The molecule has 0 N–H and O–H groups in total. The molecule has 2 fully saturated rings. The SMILES string of the molecule is CCCCOC1CCC2CCC3=CC(=O)CCC3C21. The van der Waals surface area contributed by atoms with E-state index in [9.17, 15) is 4.79 Å². The van der Waals surface area contributed by atoms with Crippen molar-refractivity contribution in [2.45, 2.75) is 64.4 Å². The van der Waals surface area contributed by atoms with Crippen molar-refractivity contribution < 1.29 is 9.53 Å². The molecule has 0 radical (unpaired) electrons. The third kappa shape index (κ3) is 2.65. The van der Waals surface area contributed by atoms with E-state index in [0.717, 1.165) is 25.4 Å². The normalized spacial score (nSPS) is 37.7. The number of ketones is 1. The maximum Gasteiger partial charge on any atom is 0.155 e. The largest absolute Gasteiger partial charge is 0.378 e. The second-order valence-electron chi connectivity index (χ2n) is 6.55. The monoisotopic (exact) mass is 262 g/mol. The Balaban J connectivity index is 1.70. The third-order valence-electron chi connectivity index (χ3n) is 5.42. The van der Waals surface area contributed by atoms with Gasteiger partial charge in [0.1, 0.15) is 0 Å². The van der Waals surface area contributed by atoms with Gasteiger partial charge in [-0.15, -0.1) is 0 Å². The number of carbonyl (C=O) groups excluding carboxylic acids is 1. The molecule has 19 heavy (non-hydrogen) atoms. The molecule has 0 aromatic carbocycles. The Hall–Kier alpha value is -0.630. The highest BCUT2D eigenvalue weighted by atomic mass is 16.5. The molecule has 3 rings (SSSR count). The molecular weight excluding hydrogens is 236 g/mol. The Morgan fingerprint density at radius 2 is 2.11 bits per heavy atom. The van der Waals surface area contributed by atoms with E-state index in [2.05, 4.69) is 6.92 Å². The quantitative estimate of drug-likeness (QED) is 0.718. The van der Waals surface area contributed by atoms with Crippen LogP contribution in [0.25, 0.3) is 0 Å². The molecule has 0 saturated heterocycles. The molecular formula is C17H26O2. The summed E-state index contributed by atoms with van der Waals surface area (Å²) in [7, 11) is 0. The average molecular weight is 262 g/mol. The number of allylic oxidation sites excluding steroid dienone is 2. The summed E-state index contributed by atoms with van der Waals surface area (Å²) in [6, 6.07) is 0. The van der Waals surface area contributed by atoms with Gasteiger partial charge in [-0.2, -0.15) is 0 Å². The number of fused-ring (bicyclic) bond motifs is 3. The Morgan fingerprint density at radius 1 is 1.21 bits per heavy atom. The molecule has 0 aromatic rings. The van der Waals surface area contributed by atoms with Gasteiger partial charge in [0.15, 0.2) is 5.78 Å². The van der Waals surface area contributed by atoms with Gasteiger partial charge in [0.25, 0.3) is 0 Å². The van der Waals surface area contributed by atoms with Crippen LogP contribution in [0.1, 0.15) is 58.3 Å². The Bertz CT molecular complexity index is 371. The van der Waals surface area contributed by atoms with Crippen molar-refractivity contribution >= 4 is 5.78 Å². The molecule has 0 heterocycles. The van der Waals surface area contributed by atoms with Crippen molar-refractivity contribution in [1.29, 1.82) is 0 Å². The zero-order chi connectivity index (χ0) is 13.2. The van der Waals surface area contributed by atoms with Crippen molar-refractivity contribution in [2.75, 3.05) is 6.61 Å². The van der Waals surface area contributed by atoms with Crippen molar-refractivity contribution in [2.24, 2.45) is 17.8 Å². The first-order chi connectivity index (χ1) is 9.29. The summed E-state index contributed by atoms with van der Waals surface area (Å²) in [6.07, 6.45) is 11.7. The molecule has 4 unspecified atom stereocenters. The number of hydrogen-bond acceptors (Lipinski definition) is 2. The minimum Gasteiger partial charge on any atom is -0.378 e. The lowest BCUT2D eigenvalue weighted by molar-refractivity contribution is -0.115. The van der Waals surface area contributed by atoms with Crippen LogP contribution < -0.4 is 0 Å². The fourth-order valence-corrected chi connectivity index (χ4v) is 4.48. The van der Waals surface area contributed by atoms with Gasteiger partial charge in [-0.05, 0) is 62.4 Å². The number of carbonyl (C=O) groups is 1. The Kier molecular flexibility index (Phi) is 4.07. The second kappa shape index (κ2) is 5.78. The molecule has 3 aliphatic carbocycles. The van der Waals surface area contributed by atoms with Crippen molar-refractivity contribution in [1.82, 2.24) is 0 Å². The van der Waals surface area contributed by atoms with Crippen molar-refractivity contribution in [3.05, 3.63) is 11.6 Å². The highest BCUT2D eigenvalue weighted by molar-refractivity contribution is 5.91. The Labute approximate surface area is 116 Å². The van der Waals surface area contributed by atoms with Crippen LogP contribution in [0.5, 0.6) is 0 Å². The molecule has 0 aliphatic heterocycles. The van der Waals surface area contributed by atoms with E-state index in [1.165, 1.54) is 44.1 Å². The fraction of sp³-hybridized carbons (Fsp3) is 0.824. The van der Waals surface area contributed by atoms with E-state index in [1.807, 2.05) is 6.08 Å². The van der Waals surface area contributed by atoms with Crippen LogP contribution in [0.3, 0.4) is 0 Å². The lowest BCUT2D eigenvalue weighted by atomic mass is 9.66. The predicted octanol–water partition coefficient (Wildman–Crippen LogP) is 3.90. The van der Waals surface area contributed by atoms with E-state index < -0.39 is 0 Å². The summed E-state index contributed by atoms with van der Waals surface area (Å²) in [5, 5.41) is 0. The minimum absolute atomic E-state index is 0.353. The predicted molar refractivity (Wildman–Crippen MR) is 75.9 cm³/mol. The summed E-state index contributed by atoms with van der Waals surface area (Å²) in [4.78, 5) is 11.6. The van der Waals surface area contributed by atoms with Crippen LogP contribution >= 0.6 is 0 Å². The standard InChI is InChI=1S/C17H26O2/c1-2-3-10-19-16-9-6-12-4-5-13-11-14(18)7-8-15(13)17(12)16/h11-12,15-17H,2-10H2,1H3. The van der Waals surface area contributed by atoms with Gasteiger partial charge in [-0.3, -0.25) is 4.79 Å². The number of hydrogen-bond donors (Lipinski definition) is 0. The minimum atomic E-state index is 0.353. The summed E-state index contributed by atoms with van der Waals surface area (Å²) in [6.45, 7) is 3.14. The van der Waals surface area contributed by atoms with Crippen molar-refractivity contribution in [3.8, 4) is 0 Å². The number of unbranched alkanes of at least 4 members (excludes halogenated alkanes) is 1. The van der Waals surface area contributed by atoms with Crippen LogP contribution in [0.2, 0.25) is 0 Å². The first kappa shape index (κ1) is 13.4. The molecule has 0 amide bonds. The van der Waals surface area contributed by atoms with Gasteiger partial charge in [0.2, 0.25) is 0 Å². The summed E-state index contributed by atoms with van der Waals surface area (Å²) in [5.74, 6) is 2.59. The maximum atomic E-state index is 11.6. The molecule has 0 aromatic heterocycles. The molecule has 0 bridgehead atoms. The summed E-state index contributed by atoms with van der Waals surface area (Å²) >= 11 is 0. The zero-order valence-electron chi connectivity index (χ0n) is 12.1. The number of ether oxygens (including phenoxy) is 1. The van der Waals surface area contributed by atoms with E-state index in [4.69, 9.17) is 4.74 Å². The van der Waals surface area contributed by atoms with E-state index in [0.29, 0.717) is 23.7 Å². The van der Waals surface area contributed by atoms with Gasteiger partial charge in [0.05, 0.1) is 6.10 Å². The maximum absolute atomic E-state index is 11.6. The molecule has 2 saturated carbocycles. The van der Waals surface area contributed by atoms with Gasteiger partial charge in [-0.1, -0.05) is 18.9 Å². The van der Waals surface area contributed by atoms with E-state index in [1.54, 1.807) is 0 Å². The Morgan fingerprint density at radius 3 is 2.95 bits per heavy atom. The second-order valence-corrected chi connectivity index (χ2v) is 6.55. The van der Waals surface area contributed by atoms with Crippen LogP contribution in [0.4, 0.5) is 0 Å². The lowest BCUT2D eigenvalue weighted by Gasteiger charge is -2.40. The first-order valence-electron chi connectivity index (χ1n) is 8.14. The molecule has 4 atom stereocenters. The summed E-state index contributed by atoms with van der Waals surface area (Å²) < 4.78 is 6.18. The fourth-order valence-electron chi connectivity index (χ4n) is 4.48. The van der Waals surface area contributed by atoms with Crippen molar-refractivity contribution in [3.63, 3.8) is 0 Å². The molecule has 2 heteroatoms. The van der Waals surface area contributed by atoms with Crippen LogP contribution in [0.15, 0.2) is 11.6 Å².